The fourth-order valence-corrected chi connectivity index (χ4v) is 2.55. The number of nitrogens with one attached hydrogen (secondary N) is 1. The van der Waals surface area contributed by atoms with Crippen LogP contribution in [0.1, 0.15) is 25.8 Å². The Bertz CT molecular complexity index is 822. The minimum absolute atomic E-state index is 0.558. The average molecular weight is 413 g/mol. The third-order valence-corrected chi connectivity index (χ3v) is 3.94. The van der Waals surface area contributed by atoms with E-state index in [1.807, 2.05) is 67.4 Å². The Labute approximate surface area is 179 Å². The number of ether oxygens (including phenoxy) is 1. The van der Waals surface area contributed by atoms with E-state index in [-0.39, 0.29) is 0 Å². The number of methoxy groups -OCH3 is 1. The summed E-state index contributed by atoms with van der Waals surface area (Å²) in [4.78, 5) is 8.21. The minimum atomic E-state index is 0.558. The van der Waals surface area contributed by atoms with Crippen LogP contribution in [-0.4, -0.2) is 24.2 Å². The van der Waals surface area contributed by atoms with Crippen molar-refractivity contribution in [3.8, 4) is 0 Å². The highest BCUT2D eigenvalue weighted by molar-refractivity contribution is 6.30. The predicted octanol–water partition coefficient (Wildman–Crippen LogP) is 5.80. The molecule has 29 heavy (non-hydrogen) atoms. The maximum atomic E-state index is 6.01. The van der Waals surface area contributed by atoms with Crippen molar-refractivity contribution in [1.29, 1.82) is 0 Å². The number of nitrogens with zero attached hydrogens (tertiary/aromatic N) is 3. The highest BCUT2D eigenvalue weighted by Gasteiger charge is 2.15. The van der Waals surface area contributed by atoms with Gasteiger partial charge >= 0.3 is 0 Å². The second kappa shape index (κ2) is 14.0. The van der Waals surface area contributed by atoms with Gasteiger partial charge in [-0.15, -0.1) is 0 Å². The molecular formula is C23H29ClN4O. The van der Waals surface area contributed by atoms with E-state index in [0.717, 1.165) is 34.2 Å². The lowest BCUT2D eigenvalue weighted by Gasteiger charge is -2.31. The van der Waals surface area contributed by atoms with Gasteiger partial charge in [0, 0.05) is 29.6 Å². The summed E-state index contributed by atoms with van der Waals surface area (Å²) in [5.74, 6) is 0.775. The molecule has 0 atom stereocenters. The van der Waals surface area contributed by atoms with Crippen LogP contribution in [0.15, 0.2) is 95.6 Å². The Morgan fingerprint density at radius 3 is 2.69 bits per heavy atom. The van der Waals surface area contributed by atoms with Gasteiger partial charge < -0.3 is 4.74 Å². The molecule has 0 unspecified atom stereocenters. The van der Waals surface area contributed by atoms with Crippen LogP contribution in [-0.2, 0) is 11.3 Å². The quantitative estimate of drug-likeness (QED) is 0.454. The predicted molar refractivity (Wildman–Crippen MR) is 125 cm³/mol. The first kappa shape index (κ1) is 24.0. The number of hydrogen-bond donors (Lipinski definition) is 1. The van der Waals surface area contributed by atoms with E-state index in [9.17, 15) is 0 Å². The van der Waals surface area contributed by atoms with E-state index < -0.39 is 0 Å². The maximum absolute atomic E-state index is 6.01. The Morgan fingerprint density at radius 1 is 1.31 bits per heavy atom. The second-order valence-electron chi connectivity index (χ2n) is 5.78. The molecule has 0 aromatic heterocycles. The van der Waals surface area contributed by atoms with Gasteiger partial charge in [0.05, 0.1) is 25.6 Å². The highest BCUT2D eigenvalue weighted by Crippen LogP contribution is 2.18. The molecule has 0 saturated heterocycles. The summed E-state index contributed by atoms with van der Waals surface area (Å²) in [5, 5.41) is 2.65. The lowest BCUT2D eigenvalue weighted by molar-refractivity contribution is 0.334. The molecule has 1 aromatic carbocycles. The van der Waals surface area contributed by atoms with Crippen LogP contribution in [0.2, 0.25) is 5.02 Å². The molecule has 0 aliphatic carbocycles. The largest absolute Gasteiger partial charge is 0.505 e. The lowest BCUT2D eigenvalue weighted by Crippen LogP contribution is -2.42. The Kier molecular flexibility index (Phi) is 11.6. The van der Waals surface area contributed by atoms with Crippen molar-refractivity contribution in [2.45, 2.75) is 26.8 Å². The zero-order valence-corrected chi connectivity index (χ0v) is 18.1. The molecule has 0 bridgehead atoms. The second-order valence-corrected chi connectivity index (χ2v) is 6.22. The fraction of sp³-hybridized carbons (Fsp3) is 0.217. The molecule has 1 heterocycles. The summed E-state index contributed by atoms with van der Waals surface area (Å²) < 4.78 is 4.95. The van der Waals surface area contributed by atoms with Crippen molar-refractivity contribution in [1.82, 2.24) is 10.4 Å². The molecule has 0 amide bonds. The fourth-order valence-electron chi connectivity index (χ4n) is 2.34. The summed E-state index contributed by atoms with van der Waals surface area (Å²) in [7, 11) is 1.63. The number of hydrogen-bond acceptors (Lipinski definition) is 4. The minimum Gasteiger partial charge on any atom is -0.505 e. The van der Waals surface area contributed by atoms with Gasteiger partial charge in [-0.05, 0) is 49.8 Å². The number of rotatable bonds is 7. The summed E-state index contributed by atoms with van der Waals surface area (Å²) >= 11 is 6.01. The number of halogens is 1. The van der Waals surface area contributed by atoms with E-state index >= 15 is 0 Å². The number of hydrazine groups is 1. The van der Waals surface area contributed by atoms with Gasteiger partial charge in [-0.25, -0.2) is 0 Å². The van der Waals surface area contributed by atoms with Crippen LogP contribution < -0.4 is 5.43 Å². The normalized spacial score (nSPS) is 15.4. The van der Waals surface area contributed by atoms with Gasteiger partial charge in [0.1, 0.15) is 5.84 Å². The number of aliphatic imine (C=N–C) groups is 2. The summed E-state index contributed by atoms with van der Waals surface area (Å²) in [6.07, 6.45) is 13.4. The van der Waals surface area contributed by atoms with E-state index in [0.29, 0.717) is 6.54 Å². The van der Waals surface area contributed by atoms with Gasteiger partial charge in [0.2, 0.25) is 0 Å². The first-order valence-electron chi connectivity index (χ1n) is 9.20. The standard InChI is InChI=1S/C19H22ClN3O.C4H7N/c1-4-18(9-6-12-24-3)23-15(2)10-11-19(22-23)21-14-16-7-5-8-17(20)13-16;1-3-5-4-2/h4-8,10-13H,2,9,14H2,1,3H3,(H,21,22);3-4H,1H2,2H3/b12-6+,18-4-;. The van der Waals surface area contributed by atoms with Crippen LogP contribution >= 0.6 is 11.6 Å². The number of amidine groups is 1. The summed E-state index contributed by atoms with van der Waals surface area (Å²) in [5.41, 5.74) is 6.27. The molecule has 0 radical (unpaired) electrons. The zero-order chi connectivity index (χ0) is 21.5. The van der Waals surface area contributed by atoms with Crippen LogP contribution in [0.4, 0.5) is 0 Å². The molecule has 6 heteroatoms. The van der Waals surface area contributed by atoms with Gasteiger partial charge in [-0.2, -0.15) is 0 Å². The number of benzene rings is 1. The van der Waals surface area contributed by atoms with Crippen LogP contribution in [0, 0.1) is 0 Å². The van der Waals surface area contributed by atoms with Gasteiger partial charge in [0.25, 0.3) is 0 Å². The van der Waals surface area contributed by atoms with E-state index in [1.54, 1.807) is 19.6 Å². The van der Waals surface area contributed by atoms with E-state index in [2.05, 4.69) is 28.6 Å². The Balaban J connectivity index is 0.000000749. The molecule has 154 valence electrons. The molecule has 1 aliphatic rings. The maximum Gasteiger partial charge on any atom is 0.140 e. The van der Waals surface area contributed by atoms with Gasteiger partial charge in [-0.3, -0.25) is 20.4 Å². The van der Waals surface area contributed by atoms with Crippen molar-refractivity contribution >= 4 is 23.7 Å². The van der Waals surface area contributed by atoms with Gasteiger partial charge in [0.15, 0.2) is 0 Å². The number of allylic oxidation sites excluding steroid dienone is 3. The first-order valence-corrected chi connectivity index (χ1v) is 9.57. The lowest BCUT2D eigenvalue weighted by atomic mass is 10.2. The monoisotopic (exact) mass is 412 g/mol. The van der Waals surface area contributed by atoms with Gasteiger partial charge in [-0.1, -0.05) is 43.0 Å². The highest BCUT2D eigenvalue weighted by atomic mass is 35.5. The molecule has 0 saturated carbocycles. The summed E-state index contributed by atoms with van der Waals surface area (Å²) in [6, 6.07) is 7.71. The SMILES string of the molecule is C=C1C=CC(=NCc2cccc(Cl)c2)NN1/C(=C\C)C/C=C/OC.C=CN=CC. The Morgan fingerprint density at radius 2 is 2.10 bits per heavy atom. The first-order chi connectivity index (χ1) is 14.0. The third-order valence-electron chi connectivity index (χ3n) is 3.70. The van der Waals surface area contributed by atoms with Crippen LogP contribution in [0.25, 0.3) is 0 Å². The molecule has 0 fully saturated rings. The van der Waals surface area contributed by atoms with Crippen molar-refractivity contribution in [3.05, 3.63) is 96.2 Å². The Hall–Kier alpha value is -3.05. The molecule has 5 nitrogen and oxygen atoms in total. The molecular weight excluding hydrogens is 384 g/mol. The molecule has 1 aliphatic heterocycles. The van der Waals surface area contributed by atoms with Crippen LogP contribution in [0.3, 0.4) is 0 Å². The van der Waals surface area contributed by atoms with E-state index in [1.165, 1.54) is 6.20 Å². The summed E-state index contributed by atoms with van der Waals surface area (Å²) in [6.45, 7) is 11.8. The van der Waals surface area contributed by atoms with Crippen molar-refractivity contribution in [2.24, 2.45) is 9.98 Å². The molecule has 1 aromatic rings. The third kappa shape index (κ3) is 9.12. The van der Waals surface area contributed by atoms with Crippen LogP contribution in [0.5, 0.6) is 0 Å². The average Bonchev–Trinajstić information content (AvgIpc) is 2.72. The van der Waals surface area contributed by atoms with E-state index in [4.69, 9.17) is 16.3 Å². The molecule has 0 spiro atoms. The van der Waals surface area contributed by atoms with Crippen molar-refractivity contribution < 1.29 is 4.74 Å². The zero-order valence-electron chi connectivity index (χ0n) is 17.3. The molecule has 1 N–H and O–H groups in total. The molecule has 2 rings (SSSR count). The van der Waals surface area contributed by atoms with Crippen molar-refractivity contribution in [3.63, 3.8) is 0 Å². The smallest absolute Gasteiger partial charge is 0.140 e. The topological polar surface area (TPSA) is 49.2 Å². The van der Waals surface area contributed by atoms with Crippen molar-refractivity contribution in [2.75, 3.05) is 7.11 Å².